The predicted molar refractivity (Wildman–Crippen MR) is 168 cm³/mol. The fraction of sp³-hybridized carbons (Fsp3) is 0.818. The molecular weight excluding hydrogens is 551 g/mol. The first-order chi connectivity index (χ1) is 19.6. The molecule has 0 bridgehead atoms. The van der Waals surface area contributed by atoms with Crippen LogP contribution in [0.25, 0.3) is 0 Å². The Morgan fingerprint density at radius 1 is 1.10 bits per heavy atom. The summed E-state index contributed by atoms with van der Waals surface area (Å²) in [6.07, 6.45) is 6.81. The van der Waals surface area contributed by atoms with Crippen molar-refractivity contribution in [3.63, 3.8) is 0 Å². The van der Waals surface area contributed by atoms with E-state index < -0.39 is 14.1 Å². The smallest absolute Gasteiger partial charge is 0.197 e. The largest absolute Gasteiger partial charge is 0.411 e. The van der Waals surface area contributed by atoms with Gasteiger partial charge in [0.25, 0.3) is 0 Å². The van der Waals surface area contributed by atoms with Gasteiger partial charge in [-0.3, -0.25) is 4.79 Å². The van der Waals surface area contributed by atoms with E-state index in [0.29, 0.717) is 17.8 Å². The zero-order chi connectivity index (χ0) is 29.8. The zero-order valence-corrected chi connectivity index (χ0v) is 28.6. The molecule has 3 aliphatic heterocycles. The Labute approximate surface area is 254 Å². The standard InChI is InChI=1S/C33H55NO5SSi/c1-9-22(5)17-23(6)26-18-27-31(36-26)24(7)20-33(37-27)21-25(8)32(39-41(10-2,11-3)12-4)28(38-33)19-30(35)40-29-15-13-14-16-34-29/h13-16,22-28,31-32H,9-12,17-21H2,1-8H3/t22-,23-,24-,25-,26-,27-,28-,31?,32?,33+/m0/s1. The first kappa shape index (κ1) is 33.1. The Bertz CT molecular complexity index is 971. The number of fused-ring (bicyclic) bond motifs is 1. The van der Waals surface area contributed by atoms with Crippen molar-refractivity contribution in [3.8, 4) is 0 Å². The second-order valence-corrected chi connectivity index (χ2v) is 19.2. The Morgan fingerprint density at radius 2 is 1.80 bits per heavy atom. The SMILES string of the molecule is CC[C@H](C)C[C@H](C)[C@@H]1C[C@@H]2O[C@@]3(C[C@H](C)C2O1)C[C@H](C)C(O[Si](CC)(CC)CC)[C@H](CC(=O)Sc1ccccn1)O3. The third-order valence-electron chi connectivity index (χ3n) is 10.3. The van der Waals surface area contributed by atoms with E-state index in [4.69, 9.17) is 18.6 Å². The lowest BCUT2D eigenvalue weighted by atomic mass is 9.79. The van der Waals surface area contributed by atoms with E-state index >= 15 is 0 Å². The molecule has 3 fully saturated rings. The number of hydrogen-bond acceptors (Lipinski definition) is 7. The number of carbonyl (C=O) groups excluding carboxylic acids is 1. The summed E-state index contributed by atoms with van der Waals surface area (Å²) in [6.45, 7) is 18.3. The minimum Gasteiger partial charge on any atom is -0.411 e. The van der Waals surface area contributed by atoms with Crippen LogP contribution in [0.2, 0.25) is 18.1 Å². The highest BCUT2D eigenvalue weighted by Crippen LogP contribution is 2.50. The number of nitrogens with zero attached hydrogens (tertiary/aromatic N) is 1. The van der Waals surface area contributed by atoms with Gasteiger partial charge in [0.05, 0.1) is 30.5 Å². The molecule has 4 heterocycles. The summed E-state index contributed by atoms with van der Waals surface area (Å²) in [5.74, 6) is 1.06. The van der Waals surface area contributed by atoms with Gasteiger partial charge < -0.3 is 18.6 Å². The lowest BCUT2D eigenvalue weighted by molar-refractivity contribution is -0.350. The van der Waals surface area contributed by atoms with Crippen LogP contribution in [-0.4, -0.2) is 54.7 Å². The molecule has 3 saturated heterocycles. The maximum atomic E-state index is 13.4. The van der Waals surface area contributed by atoms with Crippen LogP contribution in [0, 0.1) is 23.7 Å². The minimum atomic E-state index is -1.92. The lowest BCUT2D eigenvalue weighted by Crippen LogP contribution is -2.61. The summed E-state index contributed by atoms with van der Waals surface area (Å²) >= 11 is 1.20. The second kappa shape index (κ2) is 14.3. The first-order valence-electron chi connectivity index (χ1n) is 16.4. The van der Waals surface area contributed by atoms with Crippen molar-refractivity contribution in [2.75, 3.05) is 0 Å². The summed E-state index contributed by atoms with van der Waals surface area (Å²) < 4.78 is 27.7. The Hall–Kier alpha value is -0.773. The van der Waals surface area contributed by atoms with Crippen molar-refractivity contribution in [2.24, 2.45) is 23.7 Å². The highest BCUT2D eigenvalue weighted by molar-refractivity contribution is 8.13. The highest BCUT2D eigenvalue weighted by atomic mass is 32.2. The number of pyridine rings is 1. The summed E-state index contributed by atoms with van der Waals surface area (Å²) in [7, 11) is -1.92. The van der Waals surface area contributed by atoms with E-state index in [0.717, 1.165) is 42.4 Å². The van der Waals surface area contributed by atoms with E-state index in [1.165, 1.54) is 24.6 Å². The molecule has 1 spiro atoms. The molecule has 1 aromatic rings. The molecule has 0 N–H and O–H groups in total. The maximum Gasteiger partial charge on any atom is 0.197 e. The molecule has 0 amide bonds. The van der Waals surface area contributed by atoms with Gasteiger partial charge in [-0.15, -0.1) is 0 Å². The van der Waals surface area contributed by atoms with Crippen molar-refractivity contribution >= 4 is 25.2 Å². The van der Waals surface area contributed by atoms with Gasteiger partial charge >= 0.3 is 0 Å². The van der Waals surface area contributed by atoms with Crippen molar-refractivity contribution in [1.29, 1.82) is 0 Å². The van der Waals surface area contributed by atoms with Crippen molar-refractivity contribution in [1.82, 2.24) is 4.98 Å². The van der Waals surface area contributed by atoms with Gasteiger partial charge in [-0.25, -0.2) is 4.98 Å². The fourth-order valence-corrected chi connectivity index (χ4v) is 11.2. The topological polar surface area (TPSA) is 66.9 Å². The summed E-state index contributed by atoms with van der Waals surface area (Å²) in [5, 5.41) is 0.784. The van der Waals surface area contributed by atoms with Crippen LogP contribution in [0.3, 0.4) is 0 Å². The van der Waals surface area contributed by atoms with Crippen LogP contribution < -0.4 is 0 Å². The average Bonchev–Trinajstić information content (AvgIpc) is 3.38. The Kier molecular flexibility index (Phi) is 11.6. The molecule has 3 aliphatic rings. The van der Waals surface area contributed by atoms with E-state index in [-0.39, 0.29) is 48.0 Å². The van der Waals surface area contributed by atoms with Gasteiger partial charge in [0, 0.05) is 31.9 Å². The van der Waals surface area contributed by atoms with Gasteiger partial charge in [0.15, 0.2) is 19.2 Å². The van der Waals surface area contributed by atoms with Gasteiger partial charge in [-0.2, -0.15) is 0 Å². The molecular formula is C33H55NO5SSi. The number of thioether (sulfide) groups is 1. The van der Waals surface area contributed by atoms with Crippen LogP contribution in [0.15, 0.2) is 29.4 Å². The Morgan fingerprint density at radius 3 is 2.44 bits per heavy atom. The number of ether oxygens (including phenoxy) is 3. The number of hydrogen-bond donors (Lipinski definition) is 0. The van der Waals surface area contributed by atoms with E-state index in [2.05, 4.69) is 60.4 Å². The number of rotatable bonds is 12. The lowest BCUT2D eigenvalue weighted by Gasteiger charge is -2.53. The van der Waals surface area contributed by atoms with Crippen LogP contribution in [0.5, 0.6) is 0 Å². The fourth-order valence-electron chi connectivity index (χ4n) is 7.51. The quantitative estimate of drug-likeness (QED) is 0.175. The van der Waals surface area contributed by atoms with Crippen LogP contribution in [0.1, 0.15) is 93.9 Å². The molecule has 10 atom stereocenters. The molecule has 2 unspecified atom stereocenters. The molecule has 0 aromatic carbocycles. The molecule has 4 rings (SSSR count). The van der Waals surface area contributed by atoms with Crippen molar-refractivity contribution < 1.29 is 23.4 Å². The minimum absolute atomic E-state index is 0.0300. The zero-order valence-electron chi connectivity index (χ0n) is 26.8. The van der Waals surface area contributed by atoms with Crippen LogP contribution in [0.4, 0.5) is 0 Å². The molecule has 41 heavy (non-hydrogen) atoms. The van der Waals surface area contributed by atoms with Gasteiger partial charge in [0.2, 0.25) is 0 Å². The summed E-state index contributed by atoms with van der Waals surface area (Å²) in [4.78, 5) is 17.8. The van der Waals surface area contributed by atoms with Gasteiger partial charge in [-0.05, 0) is 72.1 Å². The monoisotopic (exact) mass is 605 g/mol. The molecule has 8 heteroatoms. The number of carbonyl (C=O) groups is 1. The van der Waals surface area contributed by atoms with E-state index in [1.54, 1.807) is 6.20 Å². The predicted octanol–water partition coefficient (Wildman–Crippen LogP) is 8.26. The third kappa shape index (κ3) is 7.85. The number of aromatic nitrogens is 1. The highest BCUT2D eigenvalue weighted by Gasteiger charge is 2.57. The summed E-state index contributed by atoms with van der Waals surface area (Å²) in [6, 6.07) is 8.89. The molecule has 232 valence electrons. The second-order valence-electron chi connectivity index (χ2n) is 13.4. The molecule has 0 aliphatic carbocycles. The summed E-state index contributed by atoms with van der Waals surface area (Å²) in [5.41, 5.74) is 0. The Balaban J connectivity index is 1.53. The van der Waals surface area contributed by atoms with Crippen LogP contribution in [-0.2, 0) is 23.4 Å². The molecule has 0 saturated carbocycles. The van der Waals surface area contributed by atoms with Crippen LogP contribution >= 0.6 is 11.8 Å². The first-order valence-corrected chi connectivity index (χ1v) is 19.7. The van der Waals surface area contributed by atoms with Crippen molar-refractivity contribution in [3.05, 3.63) is 24.4 Å². The molecule has 1 aromatic heterocycles. The molecule has 0 radical (unpaired) electrons. The third-order valence-corrected chi connectivity index (χ3v) is 15.8. The average molecular weight is 606 g/mol. The van der Waals surface area contributed by atoms with E-state index in [1.807, 2.05) is 18.2 Å². The van der Waals surface area contributed by atoms with Crippen molar-refractivity contribution in [2.45, 2.75) is 153 Å². The van der Waals surface area contributed by atoms with Gasteiger partial charge in [-0.1, -0.05) is 67.9 Å². The van der Waals surface area contributed by atoms with Gasteiger partial charge in [0.1, 0.15) is 5.03 Å². The normalized spacial score (nSPS) is 35.3. The molecule has 6 nitrogen and oxygen atoms in total. The maximum absolute atomic E-state index is 13.4. The van der Waals surface area contributed by atoms with E-state index in [9.17, 15) is 4.79 Å².